The largest absolute Gasteiger partial charge is 2.00 e. The van der Waals surface area contributed by atoms with Crippen LogP contribution in [0.25, 0.3) is 16.9 Å². The number of aryl methyl sites for hydroxylation is 4. The molecule has 2 nitrogen and oxygen atoms in total. The van der Waals surface area contributed by atoms with Gasteiger partial charge in [-0.2, -0.15) is 13.8 Å². The van der Waals surface area contributed by atoms with Crippen molar-refractivity contribution in [1.29, 1.82) is 0 Å². The van der Waals surface area contributed by atoms with E-state index in [2.05, 4.69) is 90.9 Å². The molecule has 0 amide bonds. The van der Waals surface area contributed by atoms with Crippen LogP contribution in [0.15, 0.2) is 48.0 Å². The molecule has 0 aliphatic carbocycles. The molecule has 272 valence electrons. The third-order valence-corrected chi connectivity index (χ3v) is 9.06. The molecule has 0 atom stereocenters. The fourth-order valence-corrected chi connectivity index (χ4v) is 6.52. The monoisotopic (exact) mass is 746 g/mol. The molecule has 2 aromatic carbocycles. The summed E-state index contributed by atoms with van der Waals surface area (Å²) in [4.78, 5) is 0. The molecule has 1 aliphatic rings. The van der Waals surface area contributed by atoms with Gasteiger partial charge in [-0.1, -0.05) is 111 Å². The second-order valence-corrected chi connectivity index (χ2v) is 13.1. The zero-order valence-corrected chi connectivity index (χ0v) is 33.9. The van der Waals surface area contributed by atoms with Crippen molar-refractivity contribution in [3.05, 3.63) is 101 Å². The van der Waals surface area contributed by atoms with E-state index < -0.39 is 0 Å². The first-order chi connectivity index (χ1) is 23.0. The molecule has 0 saturated carbocycles. The number of hydrogen-bond donors (Lipinski definition) is 0. The van der Waals surface area contributed by atoms with Crippen molar-refractivity contribution in [3.8, 4) is 0 Å². The van der Waals surface area contributed by atoms with Crippen LogP contribution in [0.1, 0.15) is 185 Å². The van der Waals surface area contributed by atoms with E-state index in [9.17, 15) is 5.53 Å². The molecular weight excluding hydrogens is 675 g/mol. The Morgan fingerprint density at radius 3 is 1.10 bits per heavy atom. The second kappa shape index (κ2) is 29.0. The van der Waals surface area contributed by atoms with Gasteiger partial charge in [0.25, 0.3) is 0 Å². The second-order valence-electron chi connectivity index (χ2n) is 13.1. The molecule has 0 aromatic heterocycles. The van der Waals surface area contributed by atoms with Gasteiger partial charge in [0, 0.05) is 22.8 Å². The van der Waals surface area contributed by atoms with Gasteiger partial charge >= 0.3 is 20.4 Å². The van der Waals surface area contributed by atoms with Gasteiger partial charge in [0.1, 0.15) is 0 Å². The Balaban J connectivity index is 0.00000425. The van der Waals surface area contributed by atoms with Crippen molar-refractivity contribution < 1.29 is 25.1 Å². The SMILES string of the molecule is CCCCCC1=C(c2cc(CCCCC)cc(CCCCC)c2)[N+](=[N-])C(c2cc(CCCCC)cc(CCCCC)c2)=C1.[CH2-]C.[CH2-]C.[Pd+2]. The summed E-state index contributed by atoms with van der Waals surface area (Å²) in [6.07, 6.45) is 26.3. The summed E-state index contributed by atoms with van der Waals surface area (Å²) in [5.74, 6) is 0. The van der Waals surface area contributed by atoms with Gasteiger partial charge in [-0.05, 0) is 111 Å². The number of benzene rings is 2. The van der Waals surface area contributed by atoms with Crippen LogP contribution in [0, 0.1) is 13.8 Å². The van der Waals surface area contributed by atoms with Crippen molar-refractivity contribution in [2.24, 2.45) is 0 Å². The van der Waals surface area contributed by atoms with Gasteiger partial charge in [-0.25, -0.2) is 4.70 Å². The van der Waals surface area contributed by atoms with Crippen LogP contribution >= 0.6 is 0 Å². The summed E-state index contributed by atoms with van der Waals surface area (Å²) in [6, 6.07) is 14.4. The summed E-state index contributed by atoms with van der Waals surface area (Å²) in [6.45, 7) is 21.4. The summed E-state index contributed by atoms with van der Waals surface area (Å²) >= 11 is 0. The van der Waals surface area contributed by atoms with E-state index in [1.165, 1.54) is 129 Å². The zero-order valence-electron chi connectivity index (χ0n) is 32.3. The zero-order chi connectivity index (χ0) is 34.9. The Morgan fingerprint density at radius 2 is 0.771 bits per heavy atom. The van der Waals surface area contributed by atoms with Gasteiger partial charge in [-0.15, -0.1) is 0 Å². The molecule has 1 heterocycles. The molecule has 0 saturated heterocycles. The van der Waals surface area contributed by atoms with Crippen LogP contribution in [0.3, 0.4) is 0 Å². The van der Waals surface area contributed by atoms with E-state index in [-0.39, 0.29) is 20.4 Å². The van der Waals surface area contributed by atoms with Gasteiger partial charge in [-0.3, -0.25) is 0 Å². The van der Waals surface area contributed by atoms with Crippen molar-refractivity contribution >= 4 is 11.4 Å². The smallest absolute Gasteiger partial charge is 0.493 e. The van der Waals surface area contributed by atoms with Gasteiger partial charge < -0.3 is 19.4 Å². The molecule has 48 heavy (non-hydrogen) atoms. The number of nitrogens with zero attached hydrogens (tertiary/aromatic N) is 2. The van der Waals surface area contributed by atoms with Gasteiger partial charge in [0.15, 0.2) is 0 Å². The van der Waals surface area contributed by atoms with Crippen LogP contribution < -0.4 is 0 Å². The predicted molar refractivity (Wildman–Crippen MR) is 211 cm³/mol. The average molecular weight is 748 g/mol. The number of allylic oxidation sites excluding steroid dienone is 2. The van der Waals surface area contributed by atoms with Crippen molar-refractivity contribution in [2.75, 3.05) is 0 Å². The quantitative estimate of drug-likeness (QED) is 0.0496. The Bertz CT molecular complexity index is 1150. The van der Waals surface area contributed by atoms with Crippen LogP contribution in [-0.2, 0) is 46.1 Å². The maximum atomic E-state index is 12.0. The third-order valence-electron chi connectivity index (χ3n) is 9.06. The van der Waals surface area contributed by atoms with Crippen LogP contribution in [-0.4, -0.2) is 4.70 Å². The van der Waals surface area contributed by atoms with Gasteiger partial charge in [0.2, 0.25) is 11.4 Å². The molecule has 3 rings (SSSR count). The van der Waals surface area contributed by atoms with Crippen molar-refractivity contribution in [3.63, 3.8) is 0 Å². The molecule has 0 radical (unpaired) electrons. The minimum absolute atomic E-state index is 0. The maximum absolute atomic E-state index is 12.0. The van der Waals surface area contributed by atoms with E-state index >= 15 is 0 Å². The van der Waals surface area contributed by atoms with E-state index in [1.807, 2.05) is 0 Å². The molecule has 1 aliphatic heterocycles. The first-order valence-corrected chi connectivity index (χ1v) is 19.7. The predicted octanol–water partition coefficient (Wildman–Crippen LogP) is 14.7. The van der Waals surface area contributed by atoms with E-state index in [0.29, 0.717) is 0 Å². The molecule has 0 fully saturated rings. The number of unbranched alkanes of at least 4 members (excludes halogenated alkanes) is 10. The van der Waals surface area contributed by atoms with Crippen LogP contribution in [0.2, 0.25) is 0 Å². The normalized spacial score (nSPS) is 12.2. The molecule has 3 heteroatoms. The van der Waals surface area contributed by atoms with Crippen molar-refractivity contribution in [2.45, 2.75) is 177 Å². The number of hydrogen-bond acceptors (Lipinski definition) is 0. The van der Waals surface area contributed by atoms with Crippen LogP contribution in [0.5, 0.6) is 0 Å². The van der Waals surface area contributed by atoms with Crippen LogP contribution in [0.4, 0.5) is 0 Å². The molecular formula is C45H72N2Pd. The van der Waals surface area contributed by atoms with E-state index in [0.717, 1.165) is 49.9 Å². The molecule has 0 spiro atoms. The third kappa shape index (κ3) is 16.3. The average Bonchev–Trinajstić information content (AvgIpc) is 3.42. The summed E-state index contributed by atoms with van der Waals surface area (Å²) in [5, 5.41) is 0. The Kier molecular flexibility index (Phi) is 27.9. The fraction of sp³-hybridized carbons (Fsp3) is 0.600. The standard InChI is InChI=1S/C41H62N2.2C2H5.Pd/c1-6-11-16-21-33-26-34(22-17-12-7-2)29-38(28-33)40-32-37(25-20-15-10-5)41(43(40)42)39-30-35(23-18-13-8-3)27-36(31-39)24-19-14-9-4;2*1-2;/h26-32H,6-25H2,1-5H3;2*1H2,2H3;/q;2*-1;+2. The van der Waals surface area contributed by atoms with Crippen molar-refractivity contribution in [1.82, 2.24) is 0 Å². The topological polar surface area (TPSA) is 25.3 Å². The summed E-state index contributed by atoms with van der Waals surface area (Å²) < 4.78 is 1.56. The summed E-state index contributed by atoms with van der Waals surface area (Å²) in [5.41, 5.74) is 23.3. The first-order valence-electron chi connectivity index (χ1n) is 19.7. The van der Waals surface area contributed by atoms with E-state index in [1.54, 1.807) is 18.5 Å². The van der Waals surface area contributed by atoms with E-state index in [4.69, 9.17) is 0 Å². The Hall–Kier alpha value is -1.82. The minimum Gasteiger partial charge on any atom is -0.493 e. The molecule has 0 N–H and O–H groups in total. The molecule has 0 bridgehead atoms. The molecule has 0 unspecified atom stereocenters. The summed E-state index contributed by atoms with van der Waals surface area (Å²) in [7, 11) is 0. The fourth-order valence-electron chi connectivity index (χ4n) is 6.52. The van der Waals surface area contributed by atoms with Gasteiger partial charge in [0.05, 0.1) is 0 Å². The Morgan fingerprint density at radius 1 is 0.458 bits per heavy atom. The minimum atomic E-state index is 0. The first kappa shape index (κ1) is 46.2. The Labute approximate surface area is 312 Å². The number of rotatable bonds is 22. The maximum Gasteiger partial charge on any atom is 2.00 e. The molecule has 2 aromatic rings.